The highest BCUT2D eigenvalue weighted by atomic mass is 32.1. The van der Waals surface area contributed by atoms with Gasteiger partial charge in [0.1, 0.15) is 0 Å². The number of nitrogens with zero attached hydrogens (tertiary/aromatic N) is 1. The van der Waals surface area contributed by atoms with E-state index in [1.54, 1.807) is 0 Å². The van der Waals surface area contributed by atoms with Crippen LogP contribution in [0.3, 0.4) is 0 Å². The van der Waals surface area contributed by atoms with Crippen molar-refractivity contribution in [2.75, 3.05) is 12.3 Å². The van der Waals surface area contributed by atoms with Gasteiger partial charge in [-0.05, 0) is 42.0 Å². The molecule has 0 amide bonds. The number of fused-ring (bicyclic) bond motifs is 1. The lowest BCUT2D eigenvalue weighted by Crippen LogP contribution is -2.33. The van der Waals surface area contributed by atoms with E-state index in [-0.39, 0.29) is 0 Å². The molecule has 0 fully saturated rings. The lowest BCUT2D eigenvalue weighted by Gasteiger charge is -2.33. The molecule has 2 heterocycles. The van der Waals surface area contributed by atoms with Gasteiger partial charge in [-0.1, -0.05) is 18.2 Å². The standard InChI is InChI=1S/C15H18N2S/c1-11(15-6-3-9-18-15)17-8-7-12-4-2-5-14(16)13(12)10-17/h2-6,9,11H,7-8,10,16H2,1H3. The molecule has 0 aliphatic carbocycles. The van der Waals surface area contributed by atoms with Crippen molar-refractivity contribution >= 4 is 17.0 Å². The molecule has 1 aromatic carbocycles. The summed E-state index contributed by atoms with van der Waals surface area (Å²) in [5, 5.41) is 2.15. The zero-order chi connectivity index (χ0) is 12.5. The Morgan fingerprint density at radius 3 is 2.94 bits per heavy atom. The third kappa shape index (κ3) is 2.04. The summed E-state index contributed by atoms with van der Waals surface area (Å²) in [4.78, 5) is 3.96. The quantitative estimate of drug-likeness (QED) is 0.836. The minimum Gasteiger partial charge on any atom is -0.398 e. The van der Waals surface area contributed by atoms with E-state index in [1.807, 2.05) is 17.4 Å². The van der Waals surface area contributed by atoms with E-state index in [0.717, 1.165) is 25.2 Å². The third-order valence-electron chi connectivity index (χ3n) is 3.84. The molecule has 0 radical (unpaired) electrons. The van der Waals surface area contributed by atoms with E-state index >= 15 is 0 Å². The number of hydrogen-bond donors (Lipinski definition) is 1. The number of nitrogen functional groups attached to an aromatic ring is 1. The van der Waals surface area contributed by atoms with Crippen molar-refractivity contribution in [3.05, 3.63) is 51.7 Å². The van der Waals surface area contributed by atoms with Crippen LogP contribution in [0.15, 0.2) is 35.7 Å². The molecule has 1 aliphatic heterocycles. The predicted molar refractivity (Wildman–Crippen MR) is 77.7 cm³/mol. The molecule has 1 unspecified atom stereocenters. The van der Waals surface area contributed by atoms with Gasteiger partial charge in [0, 0.05) is 29.7 Å². The highest BCUT2D eigenvalue weighted by molar-refractivity contribution is 7.10. The zero-order valence-electron chi connectivity index (χ0n) is 10.6. The molecule has 2 nitrogen and oxygen atoms in total. The molecule has 94 valence electrons. The maximum Gasteiger partial charge on any atom is 0.0416 e. The summed E-state index contributed by atoms with van der Waals surface area (Å²) in [5.74, 6) is 0. The van der Waals surface area contributed by atoms with E-state index in [2.05, 4.69) is 41.5 Å². The fourth-order valence-electron chi connectivity index (χ4n) is 2.67. The van der Waals surface area contributed by atoms with Crippen molar-refractivity contribution in [2.24, 2.45) is 0 Å². The summed E-state index contributed by atoms with van der Waals surface area (Å²) in [6.45, 7) is 4.38. The summed E-state index contributed by atoms with van der Waals surface area (Å²) in [5.41, 5.74) is 9.79. The Labute approximate surface area is 112 Å². The Kier molecular flexibility index (Phi) is 3.10. The minimum atomic E-state index is 0.484. The van der Waals surface area contributed by atoms with Crippen molar-refractivity contribution < 1.29 is 0 Å². The number of benzene rings is 1. The van der Waals surface area contributed by atoms with Gasteiger partial charge in [0.2, 0.25) is 0 Å². The van der Waals surface area contributed by atoms with Crippen molar-refractivity contribution in [3.63, 3.8) is 0 Å². The smallest absolute Gasteiger partial charge is 0.0416 e. The van der Waals surface area contributed by atoms with Gasteiger partial charge in [0.25, 0.3) is 0 Å². The van der Waals surface area contributed by atoms with Gasteiger partial charge in [-0.3, -0.25) is 4.90 Å². The zero-order valence-corrected chi connectivity index (χ0v) is 11.4. The molecule has 2 aromatic rings. The van der Waals surface area contributed by atoms with Crippen molar-refractivity contribution in [3.8, 4) is 0 Å². The average molecular weight is 258 g/mol. The van der Waals surface area contributed by atoms with Gasteiger partial charge >= 0.3 is 0 Å². The van der Waals surface area contributed by atoms with E-state index < -0.39 is 0 Å². The van der Waals surface area contributed by atoms with Gasteiger partial charge in [-0.2, -0.15) is 0 Å². The Morgan fingerprint density at radius 2 is 2.17 bits per heavy atom. The lowest BCUT2D eigenvalue weighted by atomic mass is 9.97. The second-order valence-corrected chi connectivity index (χ2v) is 5.88. The van der Waals surface area contributed by atoms with Crippen LogP contribution in [0.25, 0.3) is 0 Å². The summed E-state index contributed by atoms with van der Waals surface area (Å²) >= 11 is 1.84. The van der Waals surface area contributed by atoms with E-state index in [9.17, 15) is 0 Å². The Hall–Kier alpha value is -1.32. The van der Waals surface area contributed by atoms with E-state index in [0.29, 0.717) is 6.04 Å². The molecule has 0 bridgehead atoms. The Morgan fingerprint density at radius 1 is 1.28 bits per heavy atom. The first-order valence-electron chi connectivity index (χ1n) is 6.39. The first kappa shape index (κ1) is 11.8. The summed E-state index contributed by atoms with van der Waals surface area (Å²) in [6, 6.07) is 11.1. The SMILES string of the molecule is CC(c1cccs1)N1CCc2cccc(N)c2C1. The Balaban J connectivity index is 1.84. The monoisotopic (exact) mass is 258 g/mol. The van der Waals surface area contributed by atoms with Crippen LogP contribution >= 0.6 is 11.3 Å². The van der Waals surface area contributed by atoms with Gasteiger partial charge in [-0.15, -0.1) is 11.3 Å². The van der Waals surface area contributed by atoms with E-state index in [4.69, 9.17) is 5.73 Å². The second-order valence-electron chi connectivity index (χ2n) is 4.90. The molecule has 0 saturated heterocycles. The molecular weight excluding hydrogens is 240 g/mol. The maximum absolute atomic E-state index is 6.10. The fraction of sp³-hybridized carbons (Fsp3) is 0.333. The number of rotatable bonds is 2. The molecular formula is C15H18N2S. The van der Waals surface area contributed by atoms with Crippen LogP contribution in [0.2, 0.25) is 0 Å². The normalized spacial score (nSPS) is 17.4. The van der Waals surface area contributed by atoms with Crippen LogP contribution in [0.1, 0.15) is 29.0 Å². The van der Waals surface area contributed by atoms with Gasteiger partial charge < -0.3 is 5.73 Å². The number of hydrogen-bond acceptors (Lipinski definition) is 3. The number of nitrogens with two attached hydrogens (primary N) is 1. The molecule has 18 heavy (non-hydrogen) atoms. The maximum atomic E-state index is 6.10. The number of thiophene rings is 1. The highest BCUT2D eigenvalue weighted by Gasteiger charge is 2.23. The average Bonchev–Trinajstić information content (AvgIpc) is 2.92. The third-order valence-corrected chi connectivity index (χ3v) is 4.88. The molecule has 1 atom stereocenters. The van der Waals surface area contributed by atoms with Crippen LogP contribution < -0.4 is 5.73 Å². The first-order chi connectivity index (χ1) is 8.75. The molecule has 1 aliphatic rings. The molecule has 2 N–H and O–H groups in total. The van der Waals surface area contributed by atoms with Crippen LogP contribution in [-0.4, -0.2) is 11.4 Å². The summed E-state index contributed by atoms with van der Waals surface area (Å²) < 4.78 is 0. The van der Waals surface area contributed by atoms with Crippen LogP contribution in [-0.2, 0) is 13.0 Å². The highest BCUT2D eigenvalue weighted by Crippen LogP contribution is 2.31. The topological polar surface area (TPSA) is 29.3 Å². The molecule has 0 saturated carbocycles. The van der Waals surface area contributed by atoms with Gasteiger partial charge in [-0.25, -0.2) is 0 Å². The van der Waals surface area contributed by atoms with Crippen molar-refractivity contribution in [1.82, 2.24) is 4.90 Å². The number of anilines is 1. The molecule has 3 rings (SSSR count). The van der Waals surface area contributed by atoms with Gasteiger partial charge in [0.15, 0.2) is 0 Å². The van der Waals surface area contributed by atoms with Crippen LogP contribution in [0, 0.1) is 0 Å². The Bertz CT molecular complexity index is 533. The van der Waals surface area contributed by atoms with E-state index in [1.165, 1.54) is 16.0 Å². The molecule has 0 spiro atoms. The summed E-state index contributed by atoms with van der Waals surface area (Å²) in [7, 11) is 0. The second kappa shape index (κ2) is 4.75. The molecule has 3 heteroatoms. The lowest BCUT2D eigenvalue weighted by molar-refractivity contribution is 0.195. The van der Waals surface area contributed by atoms with Crippen LogP contribution in [0.5, 0.6) is 0 Å². The van der Waals surface area contributed by atoms with Crippen molar-refractivity contribution in [1.29, 1.82) is 0 Å². The van der Waals surface area contributed by atoms with Crippen molar-refractivity contribution in [2.45, 2.75) is 25.9 Å². The first-order valence-corrected chi connectivity index (χ1v) is 7.27. The predicted octanol–water partition coefficient (Wildman–Crippen LogP) is 3.45. The molecule has 1 aromatic heterocycles. The minimum absolute atomic E-state index is 0.484. The summed E-state index contributed by atoms with van der Waals surface area (Å²) in [6.07, 6.45) is 1.11. The largest absolute Gasteiger partial charge is 0.398 e. The fourth-order valence-corrected chi connectivity index (χ4v) is 3.48. The van der Waals surface area contributed by atoms with Crippen LogP contribution in [0.4, 0.5) is 5.69 Å². The van der Waals surface area contributed by atoms with Gasteiger partial charge in [0.05, 0.1) is 0 Å².